The minimum Gasteiger partial charge on any atom is -0.311 e. The maximum Gasteiger partial charge on any atom is 0.164 e. The zero-order chi connectivity index (χ0) is 49.9. The number of aromatic nitrogens is 4. The average Bonchev–Trinajstić information content (AvgIpc) is 3.82. The molecule has 2 heterocycles. The van der Waals surface area contributed by atoms with Crippen LogP contribution in [-0.4, -0.2) is 19.5 Å². The van der Waals surface area contributed by atoms with Crippen molar-refractivity contribution in [2.75, 3.05) is 9.80 Å². The molecule has 2 aromatic heterocycles. The van der Waals surface area contributed by atoms with Gasteiger partial charge in [-0.15, -0.1) is 0 Å². The van der Waals surface area contributed by atoms with Crippen LogP contribution in [-0.2, 0) is 0 Å². The number of rotatable bonds is 12. The average molecular weight is 961 g/mol. The Balaban J connectivity index is 0.911. The predicted molar refractivity (Wildman–Crippen MR) is 311 cm³/mol. The van der Waals surface area contributed by atoms with Gasteiger partial charge in [-0.2, -0.15) is 0 Å². The second-order valence-electron chi connectivity index (χ2n) is 18.5. The third-order valence-electron chi connectivity index (χ3n) is 13.8. The predicted octanol–water partition coefficient (Wildman–Crippen LogP) is 18.2. The Bertz CT molecular complexity index is 3740. The Kier molecular flexibility index (Phi) is 11.8. The molecule has 0 aliphatic rings. The molecule has 13 aromatic rings. The Morgan fingerprint density at radius 1 is 0.227 bits per heavy atom. The smallest absolute Gasteiger partial charge is 0.164 e. The van der Waals surface area contributed by atoms with Crippen molar-refractivity contribution >= 4 is 55.9 Å². The van der Waals surface area contributed by atoms with E-state index in [1.54, 1.807) is 0 Å². The van der Waals surface area contributed by atoms with E-state index < -0.39 is 0 Å². The topological polar surface area (TPSA) is 50.1 Å². The van der Waals surface area contributed by atoms with Gasteiger partial charge in [0.2, 0.25) is 0 Å². The highest BCUT2D eigenvalue weighted by atomic mass is 15.1. The van der Waals surface area contributed by atoms with E-state index in [0.717, 1.165) is 89.8 Å². The Morgan fingerprint density at radius 2 is 0.493 bits per heavy atom. The van der Waals surface area contributed by atoms with Crippen LogP contribution in [0.2, 0.25) is 0 Å². The van der Waals surface area contributed by atoms with Crippen LogP contribution in [0.15, 0.2) is 291 Å². The van der Waals surface area contributed by atoms with Crippen molar-refractivity contribution in [3.63, 3.8) is 0 Å². The molecule has 13 rings (SSSR count). The molecule has 6 heteroatoms. The van der Waals surface area contributed by atoms with Crippen molar-refractivity contribution in [2.45, 2.75) is 0 Å². The van der Waals surface area contributed by atoms with E-state index in [-0.39, 0.29) is 0 Å². The Hall–Kier alpha value is -10.2. The van der Waals surface area contributed by atoms with Gasteiger partial charge in [0.1, 0.15) is 0 Å². The summed E-state index contributed by atoms with van der Waals surface area (Å²) in [6.07, 6.45) is 0. The molecule has 0 saturated carbocycles. The molecular formula is C69H48N6. The van der Waals surface area contributed by atoms with Crippen molar-refractivity contribution in [3.8, 4) is 62.1 Å². The summed E-state index contributed by atoms with van der Waals surface area (Å²) in [7, 11) is 0. The van der Waals surface area contributed by atoms with Crippen LogP contribution in [0.4, 0.5) is 34.1 Å². The number of fused-ring (bicyclic) bond motifs is 3. The normalized spacial score (nSPS) is 11.2. The van der Waals surface area contributed by atoms with Gasteiger partial charge in [0.25, 0.3) is 0 Å². The minimum atomic E-state index is 0.620. The van der Waals surface area contributed by atoms with Crippen molar-refractivity contribution < 1.29 is 0 Å². The largest absolute Gasteiger partial charge is 0.311 e. The number of nitrogens with zero attached hydrogens (tertiary/aromatic N) is 6. The van der Waals surface area contributed by atoms with E-state index in [4.69, 9.17) is 15.0 Å². The molecule has 11 aromatic carbocycles. The summed E-state index contributed by atoms with van der Waals surface area (Å²) >= 11 is 0. The molecule has 0 spiro atoms. The van der Waals surface area contributed by atoms with Crippen LogP contribution in [0.25, 0.3) is 83.9 Å². The van der Waals surface area contributed by atoms with Gasteiger partial charge in [0, 0.05) is 67.3 Å². The number of para-hydroxylation sites is 4. The first-order valence-corrected chi connectivity index (χ1v) is 25.3. The van der Waals surface area contributed by atoms with Crippen molar-refractivity contribution in [1.82, 2.24) is 19.5 Å². The van der Waals surface area contributed by atoms with Gasteiger partial charge >= 0.3 is 0 Å². The summed E-state index contributed by atoms with van der Waals surface area (Å²) < 4.78 is 2.38. The van der Waals surface area contributed by atoms with Crippen molar-refractivity contribution in [3.05, 3.63) is 291 Å². The quantitative estimate of drug-likeness (QED) is 0.122. The highest BCUT2D eigenvalue weighted by Gasteiger charge is 2.19. The molecule has 75 heavy (non-hydrogen) atoms. The first-order chi connectivity index (χ1) is 37.2. The highest BCUT2D eigenvalue weighted by Crippen LogP contribution is 2.41. The minimum absolute atomic E-state index is 0.620. The summed E-state index contributed by atoms with van der Waals surface area (Å²) in [5.74, 6) is 1.89. The van der Waals surface area contributed by atoms with Gasteiger partial charge < -0.3 is 14.4 Å². The number of hydrogen-bond donors (Lipinski definition) is 0. The SMILES string of the molecule is c1ccc(-c2nc(-c3ccccc3)nc(-c3ccc(-n4c5ccc(-c6ccc(N(c7ccccc7)c7ccccc7)cc6)cc5c5cc(-c6ccc(N(c7ccccc7)c7ccccc7)cc6)ccc54)cc3)n2)cc1. The third kappa shape index (κ3) is 8.87. The molecule has 0 bridgehead atoms. The second kappa shape index (κ2) is 19.8. The lowest BCUT2D eigenvalue weighted by Crippen LogP contribution is -2.09. The summed E-state index contributed by atoms with van der Waals surface area (Å²) in [4.78, 5) is 19.6. The van der Waals surface area contributed by atoms with E-state index in [0.29, 0.717) is 17.5 Å². The number of benzene rings is 11. The molecule has 0 saturated heterocycles. The first kappa shape index (κ1) is 44.7. The maximum absolute atomic E-state index is 5.03. The third-order valence-corrected chi connectivity index (χ3v) is 13.8. The maximum atomic E-state index is 5.03. The van der Waals surface area contributed by atoms with Gasteiger partial charge in [-0.3, -0.25) is 0 Å². The van der Waals surface area contributed by atoms with E-state index in [1.807, 2.05) is 60.7 Å². The molecule has 0 fully saturated rings. The lowest BCUT2D eigenvalue weighted by Gasteiger charge is -2.25. The molecule has 0 radical (unpaired) electrons. The van der Waals surface area contributed by atoms with E-state index in [1.165, 1.54) is 10.8 Å². The first-order valence-electron chi connectivity index (χ1n) is 25.3. The van der Waals surface area contributed by atoms with E-state index in [2.05, 4.69) is 245 Å². The molecule has 0 atom stereocenters. The fraction of sp³-hybridized carbons (Fsp3) is 0. The monoisotopic (exact) mass is 960 g/mol. The lowest BCUT2D eigenvalue weighted by atomic mass is 9.99. The molecular weight excluding hydrogens is 913 g/mol. The molecule has 6 nitrogen and oxygen atoms in total. The van der Waals surface area contributed by atoms with Crippen molar-refractivity contribution in [1.29, 1.82) is 0 Å². The zero-order valence-electron chi connectivity index (χ0n) is 40.9. The van der Waals surface area contributed by atoms with Crippen molar-refractivity contribution in [2.24, 2.45) is 0 Å². The standard InChI is InChI=1S/C69H48N6/c1-7-19-51(20-8-1)67-70-68(52-21-9-2-10-22-52)72-69(71-67)53-35-43-62(44-36-53)75-65-45-37-54(49-31-39-60(40-32-49)73(56-23-11-3-12-24-56)57-25-13-4-14-26-57)47-63(65)64-48-55(38-46-66(64)75)50-33-41-61(42-34-50)74(58-27-15-5-16-28-58)59-29-17-6-18-30-59/h1-48H. The highest BCUT2D eigenvalue weighted by molar-refractivity contribution is 6.11. The van der Waals surface area contributed by atoms with Crippen LogP contribution < -0.4 is 9.80 Å². The van der Waals surface area contributed by atoms with Gasteiger partial charge in [-0.05, 0) is 144 Å². The molecule has 0 N–H and O–H groups in total. The summed E-state index contributed by atoms with van der Waals surface area (Å²) in [5.41, 5.74) is 17.2. The molecule has 0 aliphatic carbocycles. The fourth-order valence-corrected chi connectivity index (χ4v) is 10.2. The van der Waals surface area contributed by atoms with Gasteiger partial charge in [-0.25, -0.2) is 15.0 Å². The van der Waals surface area contributed by atoms with Crippen LogP contribution in [0, 0.1) is 0 Å². The molecule has 354 valence electrons. The van der Waals surface area contributed by atoms with E-state index >= 15 is 0 Å². The Labute approximate surface area is 436 Å². The van der Waals surface area contributed by atoms with Gasteiger partial charge in [0.05, 0.1) is 11.0 Å². The number of anilines is 6. The van der Waals surface area contributed by atoms with Gasteiger partial charge in [-0.1, -0.05) is 170 Å². The van der Waals surface area contributed by atoms with Crippen LogP contribution in [0.3, 0.4) is 0 Å². The van der Waals surface area contributed by atoms with E-state index in [9.17, 15) is 0 Å². The fourth-order valence-electron chi connectivity index (χ4n) is 10.2. The summed E-state index contributed by atoms with van der Waals surface area (Å²) in [6.45, 7) is 0. The number of hydrogen-bond acceptors (Lipinski definition) is 5. The molecule has 0 amide bonds. The summed E-state index contributed by atoms with van der Waals surface area (Å²) in [6, 6.07) is 103. The lowest BCUT2D eigenvalue weighted by molar-refractivity contribution is 1.07. The second-order valence-corrected chi connectivity index (χ2v) is 18.5. The summed E-state index contributed by atoms with van der Waals surface area (Å²) in [5, 5.41) is 2.34. The van der Waals surface area contributed by atoms with Crippen LogP contribution in [0.5, 0.6) is 0 Å². The molecule has 0 unspecified atom stereocenters. The zero-order valence-corrected chi connectivity index (χ0v) is 40.9. The van der Waals surface area contributed by atoms with Gasteiger partial charge in [0.15, 0.2) is 17.5 Å². The van der Waals surface area contributed by atoms with Crippen LogP contribution >= 0.6 is 0 Å². The Morgan fingerprint density at radius 3 is 0.827 bits per heavy atom. The molecule has 0 aliphatic heterocycles. The van der Waals surface area contributed by atoms with Crippen LogP contribution in [0.1, 0.15) is 0 Å².